The lowest BCUT2D eigenvalue weighted by Crippen LogP contribution is -2.63. The summed E-state index contributed by atoms with van der Waals surface area (Å²) in [7, 11) is 0. The Kier molecular flexibility index (Phi) is 3.92. The molecule has 0 aromatic heterocycles. The summed E-state index contributed by atoms with van der Waals surface area (Å²) in [6.07, 6.45) is 0. The van der Waals surface area contributed by atoms with Crippen molar-refractivity contribution in [1.29, 1.82) is 0 Å². The minimum absolute atomic E-state index is 0.0239. The van der Waals surface area contributed by atoms with E-state index in [1.165, 1.54) is 18.2 Å². The second-order valence-electron chi connectivity index (χ2n) is 5.33. The number of piperazine rings is 3. The van der Waals surface area contributed by atoms with Gasteiger partial charge in [-0.3, -0.25) is 14.6 Å². The van der Waals surface area contributed by atoms with Crippen LogP contribution in [0.15, 0.2) is 18.2 Å². The summed E-state index contributed by atoms with van der Waals surface area (Å²) < 4.78 is 13.1. The average Bonchev–Trinajstić information content (AvgIpc) is 2.49. The predicted octanol–water partition coefficient (Wildman–Crippen LogP) is 1.21. The van der Waals surface area contributed by atoms with Crippen LogP contribution in [-0.4, -0.2) is 61.0 Å². The third kappa shape index (κ3) is 2.80. The van der Waals surface area contributed by atoms with Crippen LogP contribution in [-0.2, 0) is 0 Å². The summed E-state index contributed by atoms with van der Waals surface area (Å²) in [6, 6.07) is 4.41. The van der Waals surface area contributed by atoms with Gasteiger partial charge < -0.3 is 5.32 Å². The Balaban J connectivity index is 1.58. The molecule has 4 nitrogen and oxygen atoms in total. The van der Waals surface area contributed by atoms with E-state index in [-0.39, 0.29) is 10.9 Å². The first-order chi connectivity index (χ1) is 9.63. The number of carbonyl (C=O) groups excluding carboxylic acids is 1. The highest BCUT2D eigenvalue weighted by molar-refractivity contribution is 6.31. The van der Waals surface area contributed by atoms with E-state index in [1.807, 2.05) is 0 Å². The fraction of sp³-hybridized carbons (Fsp3) is 0.500. The first kappa shape index (κ1) is 13.8. The van der Waals surface area contributed by atoms with Gasteiger partial charge in [0.2, 0.25) is 0 Å². The van der Waals surface area contributed by atoms with E-state index in [4.69, 9.17) is 11.6 Å². The SMILES string of the molecule is O=C(NCC1CN2CCN1CC2)c1ccc(F)c(Cl)c1. The van der Waals surface area contributed by atoms with Gasteiger partial charge in [0.15, 0.2) is 0 Å². The number of hydrogen-bond donors (Lipinski definition) is 1. The van der Waals surface area contributed by atoms with Crippen molar-refractivity contribution in [2.75, 3.05) is 39.3 Å². The van der Waals surface area contributed by atoms with Crippen molar-refractivity contribution in [3.8, 4) is 0 Å². The Morgan fingerprint density at radius 3 is 2.70 bits per heavy atom. The number of benzene rings is 1. The number of carbonyl (C=O) groups is 1. The molecule has 1 aromatic carbocycles. The van der Waals surface area contributed by atoms with Crippen LogP contribution in [0.1, 0.15) is 10.4 Å². The molecule has 3 saturated heterocycles. The fourth-order valence-corrected chi connectivity index (χ4v) is 3.05. The molecule has 1 amide bonds. The maximum absolute atomic E-state index is 13.1. The number of hydrogen-bond acceptors (Lipinski definition) is 3. The standard InChI is InChI=1S/C14H17ClFN3O/c15-12-7-10(1-2-13(12)16)14(20)17-8-11-9-18-3-5-19(11)6-4-18/h1-2,7,11H,3-6,8-9H2,(H,17,20). The summed E-state index contributed by atoms with van der Waals surface area (Å²) in [6.45, 7) is 6.01. The van der Waals surface area contributed by atoms with Gasteiger partial charge in [0.05, 0.1) is 5.02 Å². The quantitative estimate of drug-likeness (QED) is 0.911. The third-order valence-electron chi connectivity index (χ3n) is 4.07. The molecule has 108 valence electrons. The molecular formula is C14H17ClFN3O. The maximum atomic E-state index is 13.1. The van der Waals surface area contributed by atoms with E-state index in [9.17, 15) is 9.18 Å². The van der Waals surface area contributed by atoms with Crippen LogP contribution in [0.2, 0.25) is 5.02 Å². The number of nitrogens with zero attached hydrogens (tertiary/aromatic N) is 2. The monoisotopic (exact) mass is 297 g/mol. The zero-order valence-electron chi connectivity index (χ0n) is 11.1. The van der Waals surface area contributed by atoms with E-state index >= 15 is 0 Å². The number of fused-ring (bicyclic) bond motifs is 3. The molecule has 4 rings (SSSR count). The first-order valence-corrected chi connectivity index (χ1v) is 7.21. The van der Waals surface area contributed by atoms with Gasteiger partial charge in [0.1, 0.15) is 5.82 Å². The molecular weight excluding hydrogens is 281 g/mol. The summed E-state index contributed by atoms with van der Waals surface area (Å²) in [4.78, 5) is 16.9. The van der Waals surface area contributed by atoms with E-state index in [1.54, 1.807) is 0 Å². The minimum Gasteiger partial charge on any atom is -0.350 e. The predicted molar refractivity (Wildman–Crippen MR) is 75.5 cm³/mol. The van der Waals surface area contributed by atoms with Gasteiger partial charge in [-0.25, -0.2) is 4.39 Å². The smallest absolute Gasteiger partial charge is 0.251 e. The maximum Gasteiger partial charge on any atom is 0.251 e. The Morgan fingerprint density at radius 2 is 2.10 bits per heavy atom. The van der Waals surface area contributed by atoms with E-state index in [0.29, 0.717) is 18.2 Å². The van der Waals surface area contributed by atoms with Gasteiger partial charge >= 0.3 is 0 Å². The highest BCUT2D eigenvalue weighted by atomic mass is 35.5. The summed E-state index contributed by atoms with van der Waals surface area (Å²) in [5.74, 6) is -0.712. The second-order valence-corrected chi connectivity index (χ2v) is 5.74. The van der Waals surface area contributed by atoms with Gasteiger partial charge in [-0.05, 0) is 18.2 Å². The molecule has 0 saturated carbocycles. The number of halogens is 2. The summed E-state index contributed by atoms with van der Waals surface area (Å²) in [5.41, 5.74) is 0.396. The number of amides is 1. The molecule has 0 spiro atoms. The topological polar surface area (TPSA) is 35.6 Å². The largest absolute Gasteiger partial charge is 0.350 e. The second kappa shape index (κ2) is 5.68. The lowest BCUT2D eigenvalue weighted by Gasteiger charge is -2.47. The number of nitrogens with one attached hydrogen (secondary N) is 1. The molecule has 3 aliphatic rings. The van der Waals surface area contributed by atoms with Crippen LogP contribution >= 0.6 is 11.6 Å². The lowest BCUT2D eigenvalue weighted by molar-refractivity contribution is 0.0138. The highest BCUT2D eigenvalue weighted by Crippen LogP contribution is 2.17. The van der Waals surface area contributed by atoms with Crippen molar-refractivity contribution in [1.82, 2.24) is 15.1 Å². The van der Waals surface area contributed by atoms with Crippen molar-refractivity contribution >= 4 is 17.5 Å². The van der Waals surface area contributed by atoms with Crippen LogP contribution in [0.3, 0.4) is 0 Å². The molecule has 1 N–H and O–H groups in total. The summed E-state index contributed by atoms with van der Waals surface area (Å²) in [5, 5.41) is 2.89. The highest BCUT2D eigenvalue weighted by Gasteiger charge is 2.31. The first-order valence-electron chi connectivity index (χ1n) is 6.83. The molecule has 6 heteroatoms. The zero-order chi connectivity index (χ0) is 14.1. The summed E-state index contributed by atoms with van der Waals surface area (Å²) >= 11 is 5.69. The van der Waals surface area contributed by atoms with Crippen molar-refractivity contribution in [3.05, 3.63) is 34.6 Å². The van der Waals surface area contributed by atoms with Crippen LogP contribution < -0.4 is 5.32 Å². The van der Waals surface area contributed by atoms with Gasteiger partial charge in [-0.15, -0.1) is 0 Å². The fourth-order valence-electron chi connectivity index (χ4n) is 2.87. The van der Waals surface area contributed by atoms with E-state index < -0.39 is 5.82 Å². The Labute approximate surface area is 122 Å². The van der Waals surface area contributed by atoms with E-state index in [0.717, 1.165) is 32.7 Å². The van der Waals surface area contributed by atoms with Gasteiger partial charge in [-0.2, -0.15) is 0 Å². The van der Waals surface area contributed by atoms with Crippen molar-refractivity contribution in [2.24, 2.45) is 0 Å². The average molecular weight is 298 g/mol. The molecule has 20 heavy (non-hydrogen) atoms. The Hall–Kier alpha value is -1.17. The van der Waals surface area contributed by atoms with Crippen LogP contribution in [0, 0.1) is 5.82 Å². The Morgan fingerprint density at radius 1 is 1.35 bits per heavy atom. The molecule has 1 aromatic rings. The van der Waals surface area contributed by atoms with Crippen molar-refractivity contribution in [3.63, 3.8) is 0 Å². The van der Waals surface area contributed by atoms with Crippen molar-refractivity contribution < 1.29 is 9.18 Å². The van der Waals surface area contributed by atoms with Gasteiger partial charge in [-0.1, -0.05) is 11.6 Å². The van der Waals surface area contributed by atoms with Crippen LogP contribution in [0.5, 0.6) is 0 Å². The Bertz CT molecular complexity index is 517. The molecule has 3 heterocycles. The molecule has 3 fully saturated rings. The molecule has 0 radical (unpaired) electrons. The van der Waals surface area contributed by atoms with Gasteiger partial charge in [0, 0.05) is 50.9 Å². The zero-order valence-corrected chi connectivity index (χ0v) is 11.9. The van der Waals surface area contributed by atoms with E-state index in [2.05, 4.69) is 15.1 Å². The van der Waals surface area contributed by atoms with Gasteiger partial charge in [0.25, 0.3) is 5.91 Å². The molecule has 1 atom stereocenters. The lowest BCUT2D eigenvalue weighted by atomic mass is 10.1. The molecule has 3 aliphatic heterocycles. The van der Waals surface area contributed by atoms with Crippen LogP contribution in [0.25, 0.3) is 0 Å². The molecule has 0 aliphatic carbocycles. The van der Waals surface area contributed by atoms with Crippen molar-refractivity contribution in [2.45, 2.75) is 6.04 Å². The molecule has 2 bridgehead atoms. The third-order valence-corrected chi connectivity index (χ3v) is 4.36. The molecule has 1 unspecified atom stereocenters. The van der Waals surface area contributed by atoms with Crippen LogP contribution in [0.4, 0.5) is 4.39 Å². The normalized spacial score (nSPS) is 28.4. The minimum atomic E-state index is -0.508. The number of rotatable bonds is 3.